The number of hydrogen-bond acceptors (Lipinski definition) is 6. The molecule has 164 valence electrons. The number of fused-ring (bicyclic) bond motifs is 1. The summed E-state index contributed by atoms with van der Waals surface area (Å²) in [5, 5.41) is 17.3. The maximum atomic E-state index is 9.92. The Labute approximate surface area is 187 Å². The summed E-state index contributed by atoms with van der Waals surface area (Å²) in [4.78, 5) is 0. The minimum Gasteiger partial charge on any atom is -0.493 e. The fourth-order valence-electron chi connectivity index (χ4n) is 3.87. The first kappa shape index (κ1) is 21.3. The monoisotopic (exact) mass is 430 g/mol. The summed E-state index contributed by atoms with van der Waals surface area (Å²) >= 11 is 0. The molecule has 0 spiro atoms. The normalized spacial score (nSPS) is 15.5. The zero-order valence-corrected chi connectivity index (χ0v) is 18.6. The van der Waals surface area contributed by atoms with Gasteiger partial charge in [-0.2, -0.15) is 5.26 Å². The quantitative estimate of drug-likeness (QED) is 0.617. The molecule has 0 saturated heterocycles. The van der Waals surface area contributed by atoms with Gasteiger partial charge in [0.25, 0.3) is 0 Å². The molecule has 3 N–H and O–H groups in total. The van der Waals surface area contributed by atoms with Crippen LogP contribution in [0.2, 0.25) is 0 Å². The molecule has 1 atom stereocenters. The largest absolute Gasteiger partial charge is 0.493 e. The molecule has 4 rings (SSSR count). The summed E-state index contributed by atoms with van der Waals surface area (Å²) in [7, 11) is 1.60. The molecule has 2 heterocycles. The Balaban J connectivity index is 1.80. The van der Waals surface area contributed by atoms with Crippen molar-refractivity contribution in [2.75, 3.05) is 7.11 Å². The number of aromatic nitrogens is 2. The van der Waals surface area contributed by atoms with Crippen LogP contribution in [0.1, 0.15) is 49.1 Å². The molecule has 0 amide bonds. The molecule has 3 aromatic rings. The van der Waals surface area contributed by atoms with E-state index in [1.807, 2.05) is 48.5 Å². The highest BCUT2D eigenvalue weighted by atomic mass is 16.5. The Morgan fingerprint density at radius 2 is 1.91 bits per heavy atom. The summed E-state index contributed by atoms with van der Waals surface area (Å²) in [5.41, 5.74) is 9.78. The molecule has 1 aliphatic heterocycles. The zero-order chi connectivity index (χ0) is 22.9. The van der Waals surface area contributed by atoms with Crippen LogP contribution in [0.25, 0.3) is 0 Å². The average Bonchev–Trinajstić information content (AvgIpc) is 3.21. The Kier molecular flexibility index (Phi) is 5.54. The van der Waals surface area contributed by atoms with E-state index in [9.17, 15) is 5.26 Å². The van der Waals surface area contributed by atoms with E-state index in [0.29, 0.717) is 29.6 Å². The van der Waals surface area contributed by atoms with Crippen LogP contribution in [0, 0.1) is 11.3 Å². The molecule has 2 aromatic carbocycles. The first-order valence-electron chi connectivity index (χ1n) is 10.3. The van der Waals surface area contributed by atoms with Crippen LogP contribution in [0.15, 0.2) is 60.0 Å². The maximum Gasteiger partial charge on any atom is 0.244 e. The molecule has 0 unspecified atom stereocenters. The number of nitriles is 1. The third-order valence-corrected chi connectivity index (χ3v) is 5.45. The molecule has 1 aliphatic rings. The summed E-state index contributed by atoms with van der Waals surface area (Å²) in [6, 6.07) is 17.8. The first-order chi connectivity index (χ1) is 15.3. The summed E-state index contributed by atoms with van der Waals surface area (Å²) in [5.74, 6) is 1.19. The molecule has 0 aliphatic carbocycles. The number of nitrogens with zero attached hydrogens (tertiary/aromatic N) is 2. The third-order valence-electron chi connectivity index (χ3n) is 5.45. The van der Waals surface area contributed by atoms with Gasteiger partial charge in [0.2, 0.25) is 11.8 Å². The van der Waals surface area contributed by atoms with Crippen molar-refractivity contribution in [2.45, 2.75) is 38.7 Å². The van der Waals surface area contributed by atoms with Gasteiger partial charge >= 0.3 is 0 Å². The minimum atomic E-state index is -0.443. The SMILES string of the molecule is COc1ccc([C@H]2C(C#N)=C(N)Oc3n[nH]c(C(C)(C)C)c32)cc1OCc1ccccc1. The van der Waals surface area contributed by atoms with Gasteiger partial charge in [-0.15, -0.1) is 5.10 Å². The lowest BCUT2D eigenvalue weighted by atomic mass is 9.79. The van der Waals surface area contributed by atoms with Gasteiger partial charge in [-0.3, -0.25) is 5.10 Å². The van der Waals surface area contributed by atoms with Gasteiger partial charge in [0.05, 0.1) is 18.6 Å². The van der Waals surface area contributed by atoms with Crippen molar-refractivity contribution >= 4 is 0 Å². The zero-order valence-electron chi connectivity index (χ0n) is 18.6. The number of rotatable bonds is 5. The van der Waals surface area contributed by atoms with Crippen LogP contribution in [0.5, 0.6) is 17.4 Å². The second-order valence-corrected chi connectivity index (χ2v) is 8.68. The number of aromatic amines is 1. The van der Waals surface area contributed by atoms with Gasteiger partial charge in [0, 0.05) is 11.1 Å². The predicted molar refractivity (Wildman–Crippen MR) is 120 cm³/mol. The lowest BCUT2D eigenvalue weighted by molar-refractivity contribution is 0.284. The van der Waals surface area contributed by atoms with Crippen molar-refractivity contribution in [3.05, 3.63) is 82.4 Å². The molecular weight excluding hydrogens is 404 g/mol. The van der Waals surface area contributed by atoms with Crippen LogP contribution < -0.4 is 19.9 Å². The lowest BCUT2D eigenvalue weighted by Crippen LogP contribution is -2.24. The van der Waals surface area contributed by atoms with E-state index < -0.39 is 5.92 Å². The van der Waals surface area contributed by atoms with Gasteiger partial charge in [0.15, 0.2) is 11.5 Å². The van der Waals surface area contributed by atoms with E-state index in [1.54, 1.807) is 7.11 Å². The van der Waals surface area contributed by atoms with Gasteiger partial charge in [-0.1, -0.05) is 57.2 Å². The highest BCUT2D eigenvalue weighted by Crippen LogP contribution is 2.46. The predicted octanol–water partition coefficient (Wildman–Crippen LogP) is 4.51. The third kappa shape index (κ3) is 3.87. The molecule has 0 bridgehead atoms. The number of benzene rings is 2. The smallest absolute Gasteiger partial charge is 0.244 e. The summed E-state index contributed by atoms with van der Waals surface area (Å²) < 4.78 is 17.3. The van der Waals surface area contributed by atoms with E-state index in [-0.39, 0.29) is 11.3 Å². The van der Waals surface area contributed by atoms with Crippen molar-refractivity contribution in [2.24, 2.45) is 5.73 Å². The lowest BCUT2D eigenvalue weighted by Gasteiger charge is -2.27. The number of methoxy groups -OCH3 is 1. The van der Waals surface area contributed by atoms with Crippen LogP contribution >= 0.6 is 0 Å². The van der Waals surface area contributed by atoms with Crippen molar-refractivity contribution in [1.29, 1.82) is 5.26 Å². The fourth-order valence-corrected chi connectivity index (χ4v) is 3.87. The Morgan fingerprint density at radius 3 is 2.56 bits per heavy atom. The number of allylic oxidation sites excluding steroid dienone is 1. The average molecular weight is 431 g/mol. The second-order valence-electron chi connectivity index (χ2n) is 8.68. The number of ether oxygens (including phenoxy) is 3. The number of nitrogens with two attached hydrogens (primary N) is 1. The number of H-pyrrole nitrogens is 1. The van der Waals surface area contributed by atoms with Gasteiger partial charge < -0.3 is 19.9 Å². The Hall–Kier alpha value is -3.92. The van der Waals surface area contributed by atoms with Crippen LogP contribution in [-0.2, 0) is 12.0 Å². The molecule has 0 saturated carbocycles. The Morgan fingerprint density at radius 1 is 1.16 bits per heavy atom. The molecule has 0 radical (unpaired) electrons. The summed E-state index contributed by atoms with van der Waals surface area (Å²) in [6.45, 7) is 6.62. The van der Waals surface area contributed by atoms with Crippen LogP contribution in [-0.4, -0.2) is 17.3 Å². The van der Waals surface area contributed by atoms with E-state index in [2.05, 4.69) is 37.0 Å². The topological polar surface area (TPSA) is 106 Å². The highest BCUT2D eigenvalue weighted by molar-refractivity contribution is 5.58. The molecule has 1 aromatic heterocycles. The summed E-state index contributed by atoms with van der Waals surface area (Å²) in [6.07, 6.45) is 0. The molecular formula is C25H26N4O3. The second kappa shape index (κ2) is 8.31. The molecule has 7 heteroatoms. The van der Waals surface area contributed by atoms with Crippen LogP contribution in [0.3, 0.4) is 0 Å². The molecule has 32 heavy (non-hydrogen) atoms. The van der Waals surface area contributed by atoms with E-state index in [1.165, 1.54) is 0 Å². The number of hydrogen-bond donors (Lipinski definition) is 2. The van der Waals surface area contributed by atoms with Gasteiger partial charge in [-0.05, 0) is 23.3 Å². The Bertz CT molecular complexity index is 1200. The van der Waals surface area contributed by atoms with E-state index >= 15 is 0 Å². The van der Waals surface area contributed by atoms with Crippen LogP contribution in [0.4, 0.5) is 0 Å². The van der Waals surface area contributed by atoms with Crippen molar-refractivity contribution < 1.29 is 14.2 Å². The van der Waals surface area contributed by atoms with E-state index in [0.717, 1.165) is 22.4 Å². The minimum absolute atomic E-state index is 0.0551. The van der Waals surface area contributed by atoms with Crippen molar-refractivity contribution in [3.8, 4) is 23.4 Å². The van der Waals surface area contributed by atoms with Gasteiger partial charge in [0.1, 0.15) is 18.2 Å². The molecule has 0 fully saturated rings. The highest BCUT2D eigenvalue weighted by Gasteiger charge is 2.38. The standard InChI is InChI=1S/C25H26N4O3/c1-25(2,3)22-21-20(17(13-26)23(27)32-24(21)29-28-22)16-10-11-18(30-4)19(12-16)31-14-15-8-6-5-7-9-15/h5-12,20H,14,27H2,1-4H3,(H,28,29)/t20-/m0/s1. The molecule has 7 nitrogen and oxygen atoms in total. The van der Waals surface area contributed by atoms with Gasteiger partial charge in [-0.25, -0.2) is 0 Å². The van der Waals surface area contributed by atoms with Crippen molar-refractivity contribution in [1.82, 2.24) is 10.2 Å². The van der Waals surface area contributed by atoms with E-state index in [4.69, 9.17) is 19.9 Å². The first-order valence-corrected chi connectivity index (χ1v) is 10.3. The maximum absolute atomic E-state index is 9.92. The van der Waals surface area contributed by atoms with Crippen molar-refractivity contribution in [3.63, 3.8) is 0 Å². The number of nitrogens with one attached hydrogen (secondary N) is 1. The fraction of sp³-hybridized carbons (Fsp3) is 0.280.